The largest absolute Gasteiger partial charge is 0.511 e. The van der Waals surface area contributed by atoms with Crippen LogP contribution in [0.2, 0.25) is 5.31 Å². The van der Waals surface area contributed by atoms with Crippen molar-refractivity contribution in [2.24, 2.45) is 0 Å². The van der Waals surface area contributed by atoms with Crippen molar-refractivity contribution in [1.29, 1.82) is 0 Å². The molecule has 112 valence electrons. The van der Waals surface area contributed by atoms with Gasteiger partial charge >= 0.3 is 6.98 Å². The molecule has 0 bridgehead atoms. The summed E-state index contributed by atoms with van der Waals surface area (Å²) >= 11 is 0. The SMILES string of the molecule is CCC1(C)B2N(C)C=CN2c2c(C)ccc[n+]2C1(C)CC. The van der Waals surface area contributed by atoms with Gasteiger partial charge in [-0.15, -0.1) is 0 Å². The highest BCUT2D eigenvalue weighted by molar-refractivity contribution is 6.65. The maximum absolute atomic E-state index is 2.52. The Morgan fingerprint density at radius 1 is 1.19 bits per heavy atom. The molecule has 3 rings (SSSR count). The summed E-state index contributed by atoms with van der Waals surface area (Å²) in [5.74, 6) is 1.35. The van der Waals surface area contributed by atoms with Crippen LogP contribution in [0.1, 0.15) is 46.1 Å². The summed E-state index contributed by atoms with van der Waals surface area (Å²) in [6.45, 7) is 12.2. The molecule has 0 saturated carbocycles. The van der Waals surface area contributed by atoms with Crippen molar-refractivity contribution in [3.63, 3.8) is 0 Å². The monoisotopic (exact) mass is 284 g/mol. The third-order valence-electron chi connectivity index (χ3n) is 6.27. The van der Waals surface area contributed by atoms with Gasteiger partial charge in [0, 0.05) is 11.8 Å². The molecule has 3 heterocycles. The van der Waals surface area contributed by atoms with E-state index in [1.165, 1.54) is 11.4 Å². The van der Waals surface area contributed by atoms with E-state index in [4.69, 9.17) is 0 Å². The number of nitrogens with zero attached hydrogens (tertiary/aromatic N) is 3. The molecular formula is C17H27BN3+. The molecule has 0 fully saturated rings. The number of anilines is 1. The quantitative estimate of drug-likeness (QED) is 0.609. The van der Waals surface area contributed by atoms with E-state index >= 15 is 0 Å². The van der Waals surface area contributed by atoms with Gasteiger partial charge in [-0.05, 0) is 45.9 Å². The van der Waals surface area contributed by atoms with Crippen LogP contribution >= 0.6 is 0 Å². The average molecular weight is 284 g/mol. The van der Waals surface area contributed by atoms with Crippen molar-refractivity contribution in [3.05, 3.63) is 36.3 Å². The number of hydrogen-bond acceptors (Lipinski definition) is 2. The molecule has 2 aliphatic heterocycles. The van der Waals surface area contributed by atoms with Crippen molar-refractivity contribution in [3.8, 4) is 0 Å². The second-order valence-corrected chi connectivity index (χ2v) is 7.03. The zero-order valence-electron chi connectivity index (χ0n) is 14.2. The Labute approximate surface area is 129 Å². The molecule has 2 unspecified atom stereocenters. The normalized spacial score (nSPS) is 30.7. The van der Waals surface area contributed by atoms with Crippen LogP contribution in [-0.2, 0) is 5.54 Å². The fourth-order valence-electron chi connectivity index (χ4n) is 4.50. The van der Waals surface area contributed by atoms with Crippen LogP contribution in [0.25, 0.3) is 0 Å². The Kier molecular flexibility index (Phi) is 3.12. The lowest BCUT2D eigenvalue weighted by Gasteiger charge is -2.51. The van der Waals surface area contributed by atoms with E-state index in [1.807, 2.05) is 0 Å². The highest BCUT2D eigenvalue weighted by Gasteiger charge is 2.67. The van der Waals surface area contributed by atoms with Crippen LogP contribution in [-0.4, -0.2) is 18.8 Å². The highest BCUT2D eigenvalue weighted by Crippen LogP contribution is 2.54. The zero-order chi connectivity index (χ0) is 15.4. The Morgan fingerprint density at radius 2 is 1.90 bits per heavy atom. The molecule has 2 atom stereocenters. The Bertz CT molecular complexity index is 600. The van der Waals surface area contributed by atoms with E-state index in [-0.39, 0.29) is 10.9 Å². The van der Waals surface area contributed by atoms with E-state index in [9.17, 15) is 0 Å². The van der Waals surface area contributed by atoms with Crippen molar-refractivity contribution >= 4 is 12.8 Å². The molecule has 4 heteroatoms. The Morgan fingerprint density at radius 3 is 2.52 bits per heavy atom. The smallest absolute Gasteiger partial charge is 0.380 e. The first-order chi connectivity index (χ1) is 9.90. The van der Waals surface area contributed by atoms with E-state index in [0.717, 1.165) is 12.8 Å². The van der Waals surface area contributed by atoms with Crippen LogP contribution in [0.4, 0.5) is 5.82 Å². The van der Waals surface area contributed by atoms with Crippen molar-refractivity contribution in [2.75, 3.05) is 11.9 Å². The first-order valence-electron chi connectivity index (χ1n) is 8.11. The predicted molar refractivity (Wildman–Crippen MR) is 89.1 cm³/mol. The molecule has 0 N–H and O–H groups in total. The topological polar surface area (TPSA) is 10.4 Å². The summed E-state index contributed by atoms with van der Waals surface area (Å²) in [6.07, 6.45) is 9.02. The maximum Gasteiger partial charge on any atom is 0.511 e. The number of pyridine rings is 1. The van der Waals surface area contributed by atoms with Crippen LogP contribution in [0.3, 0.4) is 0 Å². The van der Waals surface area contributed by atoms with Crippen LogP contribution in [0.15, 0.2) is 30.7 Å². The molecular weight excluding hydrogens is 257 g/mol. The highest BCUT2D eigenvalue weighted by atomic mass is 15.3. The lowest BCUT2D eigenvalue weighted by atomic mass is 9.39. The van der Waals surface area contributed by atoms with E-state index in [0.29, 0.717) is 6.98 Å². The lowest BCUT2D eigenvalue weighted by Crippen LogP contribution is -2.74. The van der Waals surface area contributed by atoms with Crippen molar-refractivity contribution in [2.45, 2.75) is 58.3 Å². The van der Waals surface area contributed by atoms with E-state index < -0.39 is 0 Å². The average Bonchev–Trinajstić information content (AvgIpc) is 2.86. The number of fused-ring (bicyclic) bond motifs is 3. The van der Waals surface area contributed by atoms with Gasteiger partial charge in [-0.2, -0.15) is 0 Å². The van der Waals surface area contributed by atoms with Gasteiger partial charge in [-0.3, -0.25) is 4.81 Å². The zero-order valence-corrected chi connectivity index (χ0v) is 14.2. The molecule has 1 aromatic rings. The Balaban J connectivity index is 2.33. The molecule has 0 saturated heterocycles. The number of hydrogen-bond donors (Lipinski definition) is 0. The predicted octanol–water partition coefficient (Wildman–Crippen LogP) is 3.30. The van der Waals surface area contributed by atoms with Gasteiger partial charge in [0.05, 0.1) is 17.7 Å². The number of aryl methyl sites for hydroxylation is 1. The molecule has 2 aliphatic rings. The summed E-state index contributed by atoms with van der Waals surface area (Å²) in [5.41, 5.74) is 1.46. The fourth-order valence-corrected chi connectivity index (χ4v) is 4.50. The third kappa shape index (κ3) is 1.59. The minimum Gasteiger partial charge on any atom is -0.380 e. The lowest BCUT2D eigenvalue weighted by molar-refractivity contribution is -0.759. The summed E-state index contributed by atoms with van der Waals surface area (Å²) in [7, 11) is 2.21. The van der Waals surface area contributed by atoms with Gasteiger partial charge in [0.15, 0.2) is 0 Å². The second-order valence-electron chi connectivity index (χ2n) is 7.03. The summed E-state index contributed by atoms with van der Waals surface area (Å²) in [4.78, 5) is 4.85. The standard InChI is InChI=1S/C17H27BN3/c1-7-16(4)17(5,8-2)20-11-9-10-14(3)15(20)21-13-12-19(6)18(16)21/h9-13H,7-8H2,1-6H3/q+1. The summed E-state index contributed by atoms with van der Waals surface area (Å²) in [5, 5.41) is 0.186. The Hall–Kier alpha value is -1.45. The molecule has 0 spiro atoms. The van der Waals surface area contributed by atoms with Crippen LogP contribution in [0.5, 0.6) is 0 Å². The minimum atomic E-state index is 0.116. The molecule has 3 nitrogen and oxygen atoms in total. The van der Waals surface area contributed by atoms with Gasteiger partial charge in [0.25, 0.3) is 5.82 Å². The number of aromatic nitrogens is 1. The van der Waals surface area contributed by atoms with Gasteiger partial charge in [-0.25, -0.2) is 4.57 Å². The fraction of sp³-hybridized carbons (Fsp3) is 0.588. The second kappa shape index (κ2) is 4.52. The van der Waals surface area contributed by atoms with Crippen LogP contribution in [0, 0.1) is 6.92 Å². The molecule has 0 aliphatic carbocycles. The van der Waals surface area contributed by atoms with Crippen LogP contribution < -0.4 is 9.38 Å². The number of rotatable bonds is 2. The van der Waals surface area contributed by atoms with E-state index in [1.54, 1.807) is 0 Å². The minimum absolute atomic E-state index is 0.116. The maximum atomic E-state index is 2.52. The molecule has 21 heavy (non-hydrogen) atoms. The van der Waals surface area contributed by atoms with E-state index in [2.05, 4.69) is 86.6 Å². The third-order valence-corrected chi connectivity index (χ3v) is 6.27. The summed E-state index contributed by atoms with van der Waals surface area (Å²) < 4.78 is 2.52. The van der Waals surface area contributed by atoms with Gasteiger partial charge < -0.3 is 4.81 Å². The summed E-state index contributed by atoms with van der Waals surface area (Å²) in [6, 6.07) is 4.41. The van der Waals surface area contributed by atoms with Crippen molar-refractivity contribution in [1.82, 2.24) is 4.81 Å². The molecule has 0 aromatic carbocycles. The van der Waals surface area contributed by atoms with Crippen molar-refractivity contribution < 1.29 is 4.57 Å². The van der Waals surface area contributed by atoms with Gasteiger partial charge in [-0.1, -0.05) is 20.8 Å². The van der Waals surface area contributed by atoms with Gasteiger partial charge in [0.1, 0.15) is 5.54 Å². The molecule has 0 radical (unpaired) electrons. The first-order valence-corrected chi connectivity index (χ1v) is 8.11. The first kappa shape index (κ1) is 14.5. The molecule has 0 amide bonds. The van der Waals surface area contributed by atoms with Gasteiger partial charge in [0.2, 0.25) is 0 Å². The molecule has 1 aromatic heterocycles.